The zero-order valence-electron chi connectivity index (χ0n) is 10.00. The van der Waals surface area contributed by atoms with Crippen LogP contribution in [0, 0.1) is 0 Å². The molecule has 0 aliphatic carbocycles. The smallest absolute Gasteiger partial charge is 0.234 e. The molecule has 100 valence electrons. The molecule has 2 aromatic heterocycles. The Balaban J connectivity index is 1.92. The fourth-order valence-corrected chi connectivity index (χ4v) is 2.13. The highest BCUT2D eigenvalue weighted by Gasteiger charge is 2.10. The van der Waals surface area contributed by atoms with Gasteiger partial charge in [0.15, 0.2) is 10.3 Å². The monoisotopic (exact) mass is 298 g/mol. The third-order valence-corrected chi connectivity index (χ3v) is 3.56. The predicted molar refractivity (Wildman–Crippen MR) is 74.0 cm³/mol. The molecule has 3 N–H and O–H groups in total. The Morgan fingerprint density at radius 1 is 1.58 bits per heavy atom. The molecule has 0 spiro atoms. The molecule has 2 rings (SSSR count). The number of nitrogens with two attached hydrogens (primary N) is 1. The molecule has 0 saturated carbocycles. The minimum atomic E-state index is -0.207. The van der Waals surface area contributed by atoms with E-state index in [4.69, 9.17) is 17.3 Å². The van der Waals surface area contributed by atoms with Crippen LogP contribution in [0.2, 0.25) is 5.15 Å². The van der Waals surface area contributed by atoms with Gasteiger partial charge in [-0.25, -0.2) is 4.98 Å². The maximum absolute atomic E-state index is 11.7. The standard InChI is InChI=1S/C10H11ClN6OS/c1-17-9(12)15-16-10(17)19-5-7(18)14-6-3-2-4-13-8(6)11/h2-4H,5H2,1H3,(H2,12,15)(H,14,18). The molecule has 0 unspecified atom stereocenters. The number of aromatic nitrogens is 4. The van der Waals surface area contributed by atoms with Crippen LogP contribution in [-0.4, -0.2) is 31.4 Å². The van der Waals surface area contributed by atoms with E-state index >= 15 is 0 Å². The van der Waals surface area contributed by atoms with Gasteiger partial charge in [0.2, 0.25) is 11.9 Å². The third-order valence-electron chi connectivity index (χ3n) is 2.23. The van der Waals surface area contributed by atoms with Crippen LogP contribution >= 0.6 is 23.4 Å². The van der Waals surface area contributed by atoms with E-state index in [0.717, 1.165) is 0 Å². The molecule has 0 saturated heterocycles. The fraction of sp³-hybridized carbons (Fsp3) is 0.200. The van der Waals surface area contributed by atoms with E-state index in [1.54, 1.807) is 29.9 Å². The number of hydrogen-bond acceptors (Lipinski definition) is 6. The molecule has 0 atom stereocenters. The van der Waals surface area contributed by atoms with Gasteiger partial charge in [0.05, 0.1) is 11.4 Å². The number of nitrogens with one attached hydrogen (secondary N) is 1. The van der Waals surface area contributed by atoms with Crippen molar-refractivity contribution in [2.45, 2.75) is 5.16 Å². The summed E-state index contributed by atoms with van der Waals surface area (Å²) < 4.78 is 1.61. The molecule has 7 nitrogen and oxygen atoms in total. The van der Waals surface area contributed by atoms with Crippen molar-refractivity contribution in [1.29, 1.82) is 0 Å². The number of rotatable bonds is 4. The highest BCUT2D eigenvalue weighted by Crippen LogP contribution is 2.19. The number of pyridine rings is 1. The van der Waals surface area contributed by atoms with Crippen molar-refractivity contribution in [3.8, 4) is 0 Å². The molecular formula is C10H11ClN6OS. The normalized spacial score (nSPS) is 10.4. The molecule has 0 fully saturated rings. The summed E-state index contributed by atoms with van der Waals surface area (Å²) in [4.78, 5) is 15.6. The van der Waals surface area contributed by atoms with Crippen LogP contribution in [0.4, 0.5) is 11.6 Å². The second-order valence-corrected chi connectivity index (χ2v) is 4.88. The Bertz CT molecular complexity index is 601. The van der Waals surface area contributed by atoms with E-state index in [9.17, 15) is 4.79 Å². The minimum absolute atomic E-state index is 0.178. The summed E-state index contributed by atoms with van der Waals surface area (Å²) in [7, 11) is 1.73. The van der Waals surface area contributed by atoms with Gasteiger partial charge in [-0.2, -0.15) is 0 Å². The number of carbonyl (C=O) groups is 1. The Hall–Kier alpha value is -1.80. The van der Waals surface area contributed by atoms with Crippen molar-refractivity contribution in [3.63, 3.8) is 0 Å². The van der Waals surface area contributed by atoms with Gasteiger partial charge in [0.1, 0.15) is 0 Å². The molecule has 9 heteroatoms. The average molecular weight is 299 g/mol. The highest BCUT2D eigenvalue weighted by atomic mass is 35.5. The number of hydrogen-bond donors (Lipinski definition) is 2. The number of thioether (sulfide) groups is 1. The van der Waals surface area contributed by atoms with Crippen LogP contribution in [0.5, 0.6) is 0 Å². The molecule has 19 heavy (non-hydrogen) atoms. The van der Waals surface area contributed by atoms with Crippen LogP contribution in [0.3, 0.4) is 0 Å². The van der Waals surface area contributed by atoms with Crippen molar-refractivity contribution < 1.29 is 4.79 Å². The van der Waals surface area contributed by atoms with Crippen LogP contribution in [0.15, 0.2) is 23.5 Å². The van der Waals surface area contributed by atoms with Crippen molar-refractivity contribution in [2.24, 2.45) is 7.05 Å². The predicted octanol–water partition coefficient (Wildman–Crippen LogP) is 1.18. The van der Waals surface area contributed by atoms with Crippen molar-refractivity contribution in [3.05, 3.63) is 23.5 Å². The molecule has 0 bridgehead atoms. The third kappa shape index (κ3) is 3.36. The summed E-state index contributed by atoms with van der Waals surface area (Å²) in [5.74, 6) is 0.275. The summed E-state index contributed by atoms with van der Waals surface area (Å²) in [5.41, 5.74) is 6.02. The minimum Gasteiger partial charge on any atom is -0.368 e. The van der Waals surface area contributed by atoms with Crippen molar-refractivity contribution in [1.82, 2.24) is 19.7 Å². The van der Waals surface area contributed by atoms with Gasteiger partial charge in [0, 0.05) is 13.2 Å². The lowest BCUT2D eigenvalue weighted by atomic mass is 10.4. The Morgan fingerprint density at radius 2 is 2.37 bits per heavy atom. The van der Waals surface area contributed by atoms with E-state index in [-0.39, 0.29) is 16.8 Å². The highest BCUT2D eigenvalue weighted by molar-refractivity contribution is 7.99. The van der Waals surface area contributed by atoms with Gasteiger partial charge in [-0.1, -0.05) is 23.4 Å². The summed E-state index contributed by atoms with van der Waals surface area (Å²) in [6.45, 7) is 0. The zero-order valence-corrected chi connectivity index (χ0v) is 11.6. The van der Waals surface area contributed by atoms with E-state index in [1.165, 1.54) is 11.8 Å². The number of nitrogens with zero attached hydrogens (tertiary/aromatic N) is 4. The first-order valence-electron chi connectivity index (χ1n) is 5.26. The molecule has 1 amide bonds. The number of amides is 1. The molecule has 0 aliphatic heterocycles. The molecule has 2 heterocycles. The van der Waals surface area contributed by atoms with Crippen molar-refractivity contribution >= 4 is 40.9 Å². The summed E-state index contributed by atoms with van der Waals surface area (Å²) in [6, 6.07) is 3.37. The molecule has 0 aliphatic rings. The van der Waals surface area contributed by atoms with E-state index in [1.807, 2.05) is 0 Å². The fourth-order valence-electron chi connectivity index (χ4n) is 1.25. The second kappa shape index (κ2) is 5.89. The number of carbonyl (C=O) groups excluding carboxylic acids is 1. The molecule has 0 radical (unpaired) electrons. The lowest BCUT2D eigenvalue weighted by Gasteiger charge is -2.05. The first-order chi connectivity index (χ1) is 9.08. The average Bonchev–Trinajstić information content (AvgIpc) is 2.70. The summed E-state index contributed by atoms with van der Waals surface area (Å²) in [6.07, 6.45) is 1.55. The number of anilines is 2. The van der Waals surface area contributed by atoms with E-state index in [0.29, 0.717) is 16.8 Å². The second-order valence-electron chi connectivity index (χ2n) is 3.58. The maximum Gasteiger partial charge on any atom is 0.234 e. The van der Waals surface area contributed by atoms with Gasteiger partial charge in [-0.15, -0.1) is 10.2 Å². The Labute approximate surface area is 118 Å². The van der Waals surface area contributed by atoms with Crippen LogP contribution < -0.4 is 11.1 Å². The van der Waals surface area contributed by atoms with Gasteiger partial charge < -0.3 is 11.1 Å². The van der Waals surface area contributed by atoms with Crippen LogP contribution in [0.25, 0.3) is 0 Å². The number of nitrogen functional groups attached to an aromatic ring is 1. The number of halogens is 1. The SMILES string of the molecule is Cn1c(N)nnc1SCC(=O)Nc1cccnc1Cl. The summed E-state index contributed by atoms with van der Waals surface area (Å²) in [5, 5.41) is 11.0. The first kappa shape index (κ1) is 13.6. The van der Waals surface area contributed by atoms with E-state index in [2.05, 4.69) is 20.5 Å². The Morgan fingerprint density at radius 3 is 3.00 bits per heavy atom. The van der Waals surface area contributed by atoms with Gasteiger partial charge >= 0.3 is 0 Å². The largest absolute Gasteiger partial charge is 0.368 e. The lowest BCUT2D eigenvalue weighted by molar-refractivity contribution is -0.113. The zero-order chi connectivity index (χ0) is 13.8. The molecule has 2 aromatic rings. The van der Waals surface area contributed by atoms with Gasteiger partial charge in [-0.05, 0) is 12.1 Å². The molecule has 0 aromatic carbocycles. The first-order valence-corrected chi connectivity index (χ1v) is 6.62. The van der Waals surface area contributed by atoms with Gasteiger partial charge in [0.25, 0.3) is 0 Å². The topological polar surface area (TPSA) is 98.7 Å². The quantitative estimate of drug-likeness (QED) is 0.649. The van der Waals surface area contributed by atoms with E-state index < -0.39 is 0 Å². The molecular weight excluding hydrogens is 288 g/mol. The van der Waals surface area contributed by atoms with Crippen LogP contribution in [-0.2, 0) is 11.8 Å². The van der Waals surface area contributed by atoms with Crippen molar-refractivity contribution in [2.75, 3.05) is 16.8 Å². The maximum atomic E-state index is 11.7. The Kier molecular flexibility index (Phi) is 4.23. The van der Waals surface area contributed by atoms with Gasteiger partial charge in [-0.3, -0.25) is 9.36 Å². The van der Waals surface area contributed by atoms with Crippen LogP contribution in [0.1, 0.15) is 0 Å². The summed E-state index contributed by atoms with van der Waals surface area (Å²) >= 11 is 7.07. The lowest BCUT2D eigenvalue weighted by Crippen LogP contribution is -2.15.